The number of nitrogens with one attached hydrogen (secondary N) is 1. The molecular formula is C21H19ClN4O3S. The Morgan fingerprint density at radius 1 is 1.40 bits per heavy atom. The van der Waals surface area contributed by atoms with Crippen molar-refractivity contribution in [3.63, 3.8) is 0 Å². The molecule has 2 aliphatic carbocycles. The molecule has 3 aromatic heterocycles. The Kier molecular flexibility index (Phi) is 4.42. The van der Waals surface area contributed by atoms with Gasteiger partial charge in [-0.05, 0) is 49.3 Å². The van der Waals surface area contributed by atoms with E-state index in [0.29, 0.717) is 27.6 Å². The zero-order valence-corrected chi connectivity index (χ0v) is 17.8. The monoisotopic (exact) mass is 442 g/mol. The van der Waals surface area contributed by atoms with E-state index in [-0.39, 0.29) is 11.7 Å². The maximum absolute atomic E-state index is 12.2. The maximum Gasteiger partial charge on any atom is 0.163 e. The second-order valence-corrected chi connectivity index (χ2v) is 9.53. The van der Waals surface area contributed by atoms with Gasteiger partial charge in [0.1, 0.15) is 23.1 Å². The fourth-order valence-corrected chi connectivity index (χ4v) is 5.65. The van der Waals surface area contributed by atoms with Crippen LogP contribution in [0.3, 0.4) is 0 Å². The minimum absolute atomic E-state index is 0.0870. The molecule has 2 aliphatic rings. The van der Waals surface area contributed by atoms with Gasteiger partial charge in [0.05, 0.1) is 38.8 Å². The summed E-state index contributed by atoms with van der Waals surface area (Å²) in [5.41, 5.74) is 1.64. The van der Waals surface area contributed by atoms with Gasteiger partial charge in [-0.1, -0.05) is 11.6 Å². The van der Waals surface area contributed by atoms with Crippen LogP contribution >= 0.6 is 22.9 Å². The zero-order valence-electron chi connectivity index (χ0n) is 16.3. The van der Waals surface area contributed by atoms with E-state index < -0.39 is 23.7 Å². The van der Waals surface area contributed by atoms with E-state index in [9.17, 15) is 15.0 Å². The minimum atomic E-state index is -1.09. The van der Waals surface area contributed by atoms with Crippen molar-refractivity contribution in [2.24, 2.45) is 11.3 Å². The molecule has 3 heterocycles. The Morgan fingerprint density at radius 2 is 2.20 bits per heavy atom. The first kappa shape index (κ1) is 19.5. The van der Waals surface area contributed by atoms with Gasteiger partial charge in [0.15, 0.2) is 5.65 Å². The first-order chi connectivity index (χ1) is 14.4. The molecular weight excluding hydrogens is 424 g/mol. The number of aromatic nitrogens is 3. The summed E-state index contributed by atoms with van der Waals surface area (Å²) in [5, 5.41) is 24.4. The predicted molar refractivity (Wildman–Crippen MR) is 115 cm³/mol. The number of fused-ring (bicyclic) bond motifs is 2. The molecule has 0 bridgehead atoms. The van der Waals surface area contributed by atoms with Crippen molar-refractivity contribution in [1.29, 1.82) is 0 Å². The van der Waals surface area contributed by atoms with E-state index >= 15 is 0 Å². The number of rotatable bonds is 3. The van der Waals surface area contributed by atoms with Crippen LogP contribution in [0.15, 0.2) is 24.5 Å². The van der Waals surface area contributed by atoms with Gasteiger partial charge in [0, 0.05) is 7.05 Å². The summed E-state index contributed by atoms with van der Waals surface area (Å²) in [4.78, 5) is 22.1. The van der Waals surface area contributed by atoms with Gasteiger partial charge < -0.3 is 20.1 Å². The van der Waals surface area contributed by atoms with Crippen molar-refractivity contribution in [3.8, 4) is 11.8 Å². The molecule has 0 aromatic carbocycles. The molecule has 7 nitrogen and oxygen atoms in total. The van der Waals surface area contributed by atoms with E-state index in [1.54, 1.807) is 24.0 Å². The molecule has 5 atom stereocenters. The second-order valence-electron chi connectivity index (χ2n) is 7.82. The highest BCUT2D eigenvalue weighted by Gasteiger charge is 2.74. The van der Waals surface area contributed by atoms with E-state index in [2.05, 4.69) is 27.1 Å². The van der Waals surface area contributed by atoms with Crippen molar-refractivity contribution in [2.75, 3.05) is 12.4 Å². The van der Waals surface area contributed by atoms with E-state index in [1.165, 1.54) is 18.3 Å². The van der Waals surface area contributed by atoms with Crippen LogP contribution in [0.25, 0.3) is 11.2 Å². The normalized spacial score (nSPS) is 29.4. The molecule has 0 amide bonds. The van der Waals surface area contributed by atoms with E-state index in [0.717, 1.165) is 10.6 Å². The third-order valence-corrected chi connectivity index (χ3v) is 7.48. The SMILES string of the molecule is CNc1cc(C#Cc2ccc(Cl)s2)nc2c1ncn2[C@@H]1C2C[C@]2(C(C)=O)C(O)[C@H]1O. The molecule has 0 spiro atoms. The Labute approximate surface area is 181 Å². The Bertz CT molecular complexity index is 1240. The fraction of sp³-hybridized carbons (Fsp3) is 0.381. The smallest absolute Gasteiger partial charge is 0.163 e. The molecule has 9 heteroatoms. The number of anilines is 1. The average Bonchev–Trinajstić information content (AvgIpc) is 2.98. The van der Waals surface area contributed by atoms with Gasteiger partial charge in [-0.3, -0.25) is 4.79 Å². The summed E-state index contributed by atoms with van der Waals surface area (Å²) in [6, 6.07) is 5.00. The number of hydrogen-bond acceptors (Lipinski definition) is 7. The number of Topliss-reactive ketones (excluding diaryl/α,β-unsaturated/α-hetero) is 1. The Morgan fingerprint density at radius 3 is 2.83 bits per heavy atom. The van der Waals surface area contributed by atoms with Gasteiger partial charge in [-0.15, -0.1) is 11.3 Å². The molecule has 3 aromatic rings. The zero-order chi connectivity index (χ0) is 21.2. The summed E-state index contributed by atoms with van der Waals surface area (Å²) in [7, 11) is 1.79. The number of halogens is 1. The van der Waals surface area contributed by atoms with Crippen molar-refractivity contribution < 1.29 is 15.0 Å². The third-order valence-electron chi connectivity index (χ3n) is 6.34. The number of pyridine rings is 1. The summed E-state index contributed by atoms with van der Waals surface area (Å²) < 4.78 is 2.45. The van der Waals surface area contributed by atoms with Crippen molar-refractivity contribution >= 4 is 45.6 Å². The molecule has 30 heavy (non-hydrogen) atoms. The fourth-order valence-electron chi connectivity index (χ4n) is 4.76. The predicted octanol–water partition coefficient (Wildman–Crippen LogP) is 2.46. The highest BCUT2D eigenvalue weighted by molar-refractivity contribution is 7.16. The summed E-state index contributed by atoms with van der Waals surface area (Å²) >= 11 is 7.36. The molecule has 2 saturated carbocycles. The van der Waals surface area contributed by atoms with Gasteiger partial charge in [0.2, 0.25) is 0 Å². The number of aliphatic hydroxyl groups excluding tert-OH is 2. The highest BCUT2D eigenvalue weighted by Crippen LogP contribution is 2.68. The lowest BCUT2D eigenvalue weighted by Crippen LogP contribution is -2.36. The minimum Gasteiger partial charge on any atom is -0.389 e. The summed E-state index contributed by atoms with van der Waals surface area (Å²) in [6.45, 7) is 1.48. The quantitative estimate of drug-likeness (QED) is 0.539. The van der Waals surface area contributed by atoms with E-state index in [1.807, 2.05) is 12.1 Å². The van der Waals surface area contributed by atoms with Crippen LogP contribution in [0.1, 0.15) is 30.0 Å². The first-order valence-electron chi connectivity index (χ1n) is 9.56. The Hall–Kier alpha value is -2.44. The Balaban J connectivity index is 1.59. The molecule has 0 saturated heterocycles. The number of imidazole rings is 1. The van der Waals surface area contributed by atoms with Crippen LogP contribution in [-0.2, 0) is 4.79 Å². The lowest BCUT2D eigenvalue weighted by molar-refractivity contribution is -0.128. The number of thiophene rings is 1. The topological polar surface area (TPSA) is 100 Å². The van der Waals surface area contributed by atoms with Crippen molar-refractivity contribution in [2.45, 2.75) is 31.6 Å². The van der Waals surface area contributed by atoms with Gasteiger partial charge in [-0.2, -0.15) is 0 Å². The van der Waals surface area contributed by atoms with Gasteiger partial charge >= 0.3 is 0 Å². The lowest BCUT2D eigenvalue weighted by atomic mass is 9.95. The largest absolute Gasteiger partial charge is 0.389 e. The second kappa shape index (κ2) is 6.79. The van der Waals surface area contributed by atoms with Crippen LogP contribution in [0.2, 0.25) is 4.34 Å². The van der Waals surface area contributed by atoms with Crippen molar-refractivity contribution in [3.05, 3.63) is 39.4 Å². The average molecular weight is 443 g/mol. The third kappa shape index (κ3) is 2.70. The van der Waals surface area contributed by atoms with Crippen molar-refractivity contribution in [1.82, 2.24) is 14.5 Å². The number of ketones is 1. The number of hydrogen-bond donors (Lipinski definition) is 3. The van der Waals surface area contributed by atoms with Crippen LogP contribution in [0, 0.1) is 23.2 Å². The van der Waals surface area contributed by atoms with Gasteiger partial charge in [-0.25, -0.2) is 9.97 Å². The van der Waals surface area contributed by atoms with E-state index in [4.69, 9.17) is 11.6 Å². The number of aliphatic hydroxyl groups is 2. The molecule has 0 aliphatic heterocycles. The summed E-state index contributed by atoms with van der Waals surface area (Å²) in [5.74, 6) is 5.90. The van der Waals surface area contributed by atoms with Crippen LogP contribution in [0.4, 0.5) is 5.69 Å². The van der Waals surface area contributed by atoms with Crippen LogP contribution in [-0.4, -0.2) is 49.8 Å². The van der Waals surface area contributed by atoms with Gasteiger partial charge in [0.25, 0.3) is 0 Å². The maximum atomic E-state index is 12.2. The molecule has 154 valence electrons. The molecule has 2 unspecified atom stereocenters. The standard InChI is InChI=1S/C21H19ClN4O3S/c1-10(27)21-8-13(21)17(18(28)19(21)29)26-9-24-16-14(23-2)7-11(25-20(16)26)3-4-12-5-6-15(22)30-12/h5-7,9,13,17-19,28-29H,8H2,1-2H3,(H,23,25)/t13?,17-,18+,19?,21-/m1/s1. The molecule has 5 rings (SSSR count). The highest BCUT2D eigenvalue weighted by atomic mass is 35.5. The summed E-state index contributed by atoms with van der Waals surface area (Å²) in [6.07, 6.45) is 0.0254. The number of nitrogens with zero attached hydrogens (tertiary/aromatic N) is 3. The molecule has 0 radical (unpaired) electrons. The van der Waals surface area contributed by atoms with Crippen LogP contribution in [0.5, 0.6) is 0 Å². The molecule has 2 fully saturated rings. The number of carbonyl (C=O) groups is 1. The number of carbonyl (C=O) groups excluding carboxylic acids is 1. The van der Waals surface area contributed by atoms with Crippen LogP contribution < -0.4 is 5.32 Å². The molecule has 3 N–H and O–H groups in total. The lowest BCUT2D eigenvalue weighted by Gasteiger charge is -2.23. The first-order valence-corrected chi connectivity index (χ1v) is 10.8.